The molecule has 2 nitrogen and oxygen atoms in total. The summed E-state index contributed by atoms with van der Waals surface area (Å²) in [7, 11) is 2.44. The molecule has 0 N–H and O–H groups in total. The summed E-state index contributed by atoms with van der Waals surface area (Å²) in [5, 5.41) is 5.33. The second-order valence-corrected chi connectivity index (χ2v) is 12.9. The van der Waals surface area contributed by atoms with Gasteiger partial charge in [-0.05, 0) is 53.6 Å². The van der Waals surface area contributed by atoms with E-state index in [1.807, 2.05) is 0 Å². The van der Waals surface area contributed by atoms with Gasteiger partial charge in [-0.3, -0.25) is 0 Å². The highest BCUT2D eigenvalue weighted by Crippen LogP contribution is 2.46. The first-order valence-electron chi connectivity index (χ1n) is 11.7. The molecule has 0 bridgehead atoms. The molecule has 0 aliphatic rings. The molecule has 4 heteroatoms. The molecular formula is C30H32O2P2. The first-order valence-corrected chi connectivity index (χ1v) is 14.8. The molecule has 0 atom stereocenters. The molecule has 0 aliphatic heterocycles. The van der Waals surface area contributed by atoms with Gasteiger partial charge in [0.25, 0.3) is 0 Å². The highest BCUT2D eigenvalue weighted by Gasteiger charge is 2.27. The first-order chi connectivity index (χ1) is 16.7. The Labute approximate surface area is 206 Å². The van der Waals surface area contributed by atoms with E-state index in [0.29, 0.717) is 0 Å². The predicted molar refractivity (Wildman–Crippen MR) is 151 cm³/mol. The Kier molecular flexibility index (Phi) is 8.39. The lowest BCUT2D eigenvalue weighted by atomic mass is 10.0. The molecule has 4 aromatic carbocycles. The van der Waals surface area contributed by atoms with Gasteiger partial charge >= 0.3 is 0 Å². The molecule has 0 saturated heterocycles. The number of hydrogen-bond acceptors (Lipinski definition) is 2. The van der Waals surface area contributed by atoms with Crippen LogP contribution in [0.5, 0.6) is 11.5 Å². The SMILES string of the molecule is CCP(CC)c1cccc(OC)c1-c1c(OC)cccc1P(c1ccccc1)c1ccccc1. The Morgan fingerprint density at radius 2 is 0.971 bits per heavy atom. The molecule has 0 unspecified atom stereocenters. The maximum atomic E-state index is 6.03. The molecule has 0 aliphatic carbocycles. The van der Waals surface area contributed by atoms with Crippen molar-refractivity contribution in [3.8, 4) is 22.6 Å². The summed E-state index contributed by atoms with van der Waals surface area (Å²) in [6.07, 6.45) is 2.28. The quantitative estimate of drug-likeness (QED) is 0.260. The van der Waals surface area contributed by atoms with E-state index in [2.05, 4.69) is 111 Å². The van der Waals surface area contributed by atoms with E-state index >= 15 is 0 Å². The van der Waals surface area contributed by atoms with Crippen LogP contribution >= 0.6 is 15.8 Å². The number of benzene rings is 4. The van der Waals surface area contributed by atoms with Crippen LogP contribution in [-0.2, 0) is 0 Å². The Balaban J connectivity index is 2.08. The normalized spacial score (nSPS) is 11.1. The fraction of sp³-hybridized carbons (Fsp3) is 0.200. The predicted octanol–water partition coefficient (Wildman–Crippen LogP) is 6.28. The van der Waals surface area contributed by atoms with Crippen molar-refractivity contribution in [2.24, 2.45) is 0 Å². The molecule has 0 heterocycles. The van der Waals surface area contributed by atoms with Crippen molar-refractivity contribution in [2.45, 2.75) is 13.8 Å². The molecule has 34 heavy (non-hydrogen) atoms. The van der Waals surface area contributed by atoms with Gasteiger partial charge in [0.2, 0.25) is 0 Å². The van der Waals surface area contributed by atoms with E-state index < -0.39 is 7.92 Å². The van der Waals surface area contributed by atoms with Gasteiger partial charge in [0.1, 0.15) is 11.5 Å². The van der Waals surface area contributed by atoms with E-state index in [9.17, 15) is 0 Å². The third-order valence-corrected chi connectivity index (χ3v) is 11.1. The zero-order valence-corrected chi connectivity index (χ0v) is 22.2. The van der Waals surface area contributed by atoms with Crippen molar-refractivity contribution >= 4 is 37.1 Å². The average Bonchev–Trinajstić information content (AvgIpc) is 2.90. The van der Waals surface area contributed by atoms with Gasteiger partial charge in [0, 0.05) is 11.1 Å². The fourth-order valence-electron chi connectivity index (χ4n) is 4.48. The average molecular weight is 487 g/mol. The number of methoxy groups -OCH3 is 2. The zero-order valence-electron chi connectivity index (χ0n) is 20.4. The third kappa shape index (κ3) is 4.90. The van der Waals surface area contributed by atoms with Crippen LogP contribution < -0.4 is 30.7 Å². The lowest BCUT2D eigenvalue weighted by molar-refractivity contribution is 0.411. The largest absolute Gasteiger partial charge is 0.496 e. The standard InChI is InChI=1S/C30H32O2P2/c1-5-33(6-2)27-21-13-19-25(31-3)29(27)30-26(32-4)20-14-22-28(30)34(23-15-9-7-10-16-23)24-17-11-8-12-18-24/h7-22H,5-6H2,1-4H3. The molecule has 4 aromatic rings. The van der Waals surface area contributed by atoms with E-state index in [-0.39, 0.29) is 7.92 Å². The van der Waals surface area contributed by atoms with Crippen molar-refractivity contribution in [1.29, 1.82) is 0 Å². The van der Waals surface area contributed by atoms with Crippen LogP contribution in [0.25, 0.3) is 11.1 Å². The maximum Gasteiger partial charge on any atom is 0.127 e. The molecule has 4 rings (SSSR count). The van der Waals surface area contributed by atoms with Gasteiger partial charge in [0.15, 0.2) is 0 Å². The van der Waals surface area contributed by atoms with Gasteiger partial charge in [-0.15, -0.1) is 0 Å². The van der Waals surface area contributed by atoms with Crippen molar-refractivity contribution in [3.05, 3.63) is 97.1 Å². The third-order valence-electron chi connectivity index (χ3n) is 6.07. The smallest absolute Gasteiger partial charge is 0.127 e. The summed E-state index contributed by atoms with van der Waals surface area (Å²) in [6, 6.07) is 34.7. The van der Waals surface area contributed by atoms with Crippen molar-refractivity contribution in [1.82, 2.24) is 0 Å². The van der Waals surface area contributed by atoms with Crippen molar-refractivity contribution < 1.29 is 9.47 Å². The summed E-state index contributed by atoms with van der Waals surface area (Å²) < 4.78 is 12.0. The van der Waals surface area contributed by atoms with Crippen LogP contribution in [-0.4, -0.2) is 26.5 Å². The summed E-state index contributed by atoms with van der Waals surface area (Å²) in [5.74, 6) is 1.80. The monoisotopic (exact) mass is 486 g/mol. The van der Waals surface area contributed by atoms with Crippen LogP contribution in [0.1, 0.15) is 13.8 Å². The van der Waals surface area contributed by atoms with E-state index in [4.69, 9.17) is 9.47 Å². The second-order valence-electron chi connectivity index (χ2n) is 7.89. The number of rotatable bonds is 9. The zero-order chi connectivity index (χ0) is 23.9. The summed E-state index contributed by atoms with van der Waals surface area (Å²) >= 11 is 0. The highest BCUT2D eigenvalue weighted by molar-refractivity contribution is 7.80. The highest BCUT2D eigenvalue weighted by atomic mass is 31.1. The van der Waals surface area contributed by atoms with Crippen LogP contribution in [0.4, 0.5) is 0 Å². The van der Waals surface area contributed by atoms with Crippen LogP contribution in [0.3, 0.4) is 0 Å². The van der Waals surface area contributed by atoms with Gasteiger partial charge < -0.3 is 9.47 Å². The molecule has 0 fully saturated rings. The van der Waals surface area contributed by atoms with Crippen LogP contribution in [0.15, 0.2) is 97.1 Å². The number of ether oxygens (including phenoxy) is 2. The van der Waals surface area contributed by atoms with Gasteiger partial charge in [0.05, 0.1) is 14.2 Å². The van der Waals surface area contributed by atoms with Crippen molar-refractivity contribution in [2.75, 3.05) is 26.5 Å². The molecular weight excluding hydrogens is 454 g/mol. The lowest BCUT2D eigenvalue weighted by Gasteiger charge is -2.27. The van der Waals surface area contributed by atoms with E-state index in [1.165, 1.54) is 26.8 Å². The summed E-state index contributed by atoms with van der Waals surface area (Å²) in [5.41, 5.74) is 2.34. The summed E-state index contributed by atoms with van der Waals surface area (Å²) in [4.78, 5) is 0. The maximum absolute atomic E-state index is 6.03. The molecule has 0 radical (unpaired) electrons. The molecule has 0 saturated carbocycles. The van der Waals surface area contributed by atoms with Gasteiger partial charge in [-0.1, -0.05) is 107 Å². The Morgan fingerprint density at radius 1 is 0.529 bits per heavy atom. The first kappa shape index (κ1) is 24.5. The second kappa shape index (κ2) is 11.7. The van der Waals surface area contributed by atoms with Crippen LogP contribution in [0.2, 0.25) is 0 Å². The van der Waals surface area contributed by atoms with Crippen LogP contribution in [0, 0.1) is 0 Å². The van der Waals surface area contributed by atoms with Crippen molar-refractivity contribution in [3.63, 3.8) is 0 Å². The molecule has 0 spiro atoms. The Hall–Kier alpha value is -2.66. The van der Waals surface area contributed by atoms with Gasteiger partial charge in [-0.2, -0.15) is 0 Å². The molecule has 174 valence electrons. The van der Waals surface area contributed by atoms with Gasteiger partial charge in [-0.25, -0.2) is 0 Å². The van der Waals surface area contributed by atoms with E-state index in [0.717, 1.165) is 29.4 Å². The minimum absolute atomic E-state index is 0.304. The molecule has 0 aromatic heterocycles. The Bertz CT molecular complexity index is 1170. The minimum atomic E-state index is -0.798. The molecule has 0 amide bonds. The number of hydrogen-bond donors (Lipinski definition) is 0. The van der Waals surface area contributed by atoms with E-state index in [1.54, 1.807) is 14.2 Å². The Morgan fingerprint density at radius 3 is 1.41 bits per heavy atom. The summed E-state index contributed by atoms with van der Waals surface area (Å²) in [6.45, 7) is 4.59. The minimum Gasteiger partial charge on any atom is -0.496 e. The topological polar surface area (TPSA) is 18.5 Å². The lowest BCUT2D eigenvalue weighted by Crippen LogP contribution is -2.24. The fourth-order valence-corrected chi connectivity index (χ4v) is 8.92.